The second-order valence-electron chi connectivity index (χ2n) is 4.87. The molecule has 0 saturated heterocycles. The zero-order valence-corrected chi connectivity index (χ0v) is 12.8. The lowest BCUT2D eigenvalue weighted by Crippen LogP contribution is -2.19. The van der Waals surface area contributed by atoms with Crippen LogP contribution in [0.5, 0.6) is 5.75 Å². The Balaban J connectivity index is 1.60. The molecule has 0 N–H and O–H groups in total. The van der Waals surface area contributed by atoms with Crippen molar-refractivity contribution in [2.45, 2.75) is 17.1 Å². The van der Waals surface area contributed by atoms with Crippen molar-refractivity contribution in [1.29, 1.82) is 0 Å². The lowest BCUT2D eigenvalue weighted by Gasteiger charge is -2.09. The molecular formula is C16H13F3N2OS. The van der Waals surface area contributed by atoms with Crippen molar-refractivity contribution in [3.8, 4) is 5.75 Å². The second kappa shape index (κ2) is 6.54. The predicted octanol–water partition coefficient (Wildman–Crippen LogP) is 4.57. The topological polar surface area (TPSA) is 26.5 Å². The number of alkyl halides is 3. The zero-order chi connectivity index (χ0) is 16.3. The Hall–Kier alpha value is -2.15. The highest BCUT2D eigenvalue weighted by Crippen LogP contribution is 2.24. The Morgan fingerprint density at radius 3 is 2.61 bits per heavy atom. The van der Waals surface area contributed by atoms with E-state index in [1.807, 2.05) is 28.8 Å². The summed E-state index contributed by atoms with van der Waals surface area (Å²) >= 11 is 1.56. The van der Waals surface area contributed by atoms with Gasteiger partial charge in [-0.3, -0.25) is 4.40 Å². The fraction of sp³-hybridized carbons (Fsp3) is 0.188. The van der Waals surface area contributed by atoms with Crippen LogP contribution in [0.1, 0.15) is 5.56 Å². The molecular weight excluding hydrogens is 325 g/mol. The van der Waals surface area contributed by atoms with Crippen LogP contribution in [0.15, 0.2) is 60.0 Å². The third-order valence-electron chi connectivity index (χ3n) is 3.10. The van der Waals surface area contributed by atoms with Crippen molar-refractivity contribution in [1.82, 2.24) is 9.38 Å². The summed E-state index contributed by atoms with van der Waals surface area (Å²) in [5, 5.41) is 0.873. The molecule has 120 valence electrons. The van der Waals surface area contributed by atoms with Crippen molar-refractivity contribution < 1.29 is 17.9 Å². The van der Waals surface area contributed by atoms with Crippen molar-refractivity contribution in [3.63, 3.8) is 0 Å². The van der Waals surface area contributed by atoms with Gasteiger partial charge in [0.05, 0.1) is 11.7 Å². The van der Waals surface area contributed by atoms with Crippen LogP contribution < -0.4 is 4.74 Å². The Labute approximate surface area is 135 Å². The van der Waals surface area contributed by atoms with Gasteiger partial charge in [-0.15, -0.1) is 0 Å². The molecule has 0 amide bonds. The Kier molecular flexibility index (Phi) is 4.47. The van der Waals surface area contributed by atoms with E-state index in [2.05, 4.69) is 9.72 Å². The molecule has 0 unspecified atom stereocenters. The Morgan fingerprint density at radius 1 is 1.09 bits per heavy atom. The molecule has 7 heteroatoms. The van der Waals surface area contributed by atoms with Gasteiger partial charge < -0.3 is 4.74 Å². The highest BCUT2D eigenvalue weighted by molar-refractivity contribution is 7.98. The minimum absolute atomic E-state index is 0.210. The smallest absolute Gasteiger partial charge is 0.422 e. The number of ether oxygens (including phenoxy) is 1. The molecule has 0 bridgehead atoms. The molecule has 23 heavy (non-hydrogen) atoms. The molecule has 2 aromatic heterocycles. The number of hydrogen-bond acceptors (Lipinski definition) is 3. The van der Waals surface area contributed by atoms with E-state index in [9.17, 15) is 13.2 Å². The number of benzene rings is 1. The number of fused-ring (bicyclic) bond motifs is 1. The molecule has 0 saturated carbocycles. The van der Waals surface area contributed by atoms with Crippen LogP contribution in [0.2, 0.25) is 0 Å². The van der Waals surface area contributed by atoms with Gasteiger partial charge in [0.1, 0.15) is 5.75 Å². The van der Waals surface area contributed by atoms with Gasteiger partial charge in [-0.25, -0.2) is 4.98 Å². The lowest BCUT2D eigenvalue weighted by molar-refractivity contribution is -0.153. The maximum Gasteiger partial charge on any atom is 0.422 e. The first-order chi connectivity index (χ1) is 11.0. The van der Waals surface area contributed by atoms with Crippen LogP contribution in [0.3, 0.4) is 0 Å². The number of pyridine rings is 1. The molecule has 0 radical (unpaired) electrons. The summed E-state index contributed by atoms with van der Waals surface area (Å²) in [4.78, 5) is 4.36. The van der Waals surface area contributed by atoms with E-state index in [1.165, 1.54) is 0 Å². The molecule has 0 fully saturated rings. The van der Waals surface area contributed by atoms with E-state index < -0.39 is 12.8 Å². The summed E-state index contributed by atoms with van der Waals surface area (Å²) in [6.45, 7) is -1.28. The van der Waals surface area contributed by atoms with Crippen molar-refractivity contribution in [3.05, 3.63) is 60.4 Å². The summed E-state index contributed by atoms with van der Waals surface area (Å²) in [6, 6.07) is 12.5. The van der Waals surface area contributed by atoms with E-state index >= 15 is 0 Å². The predicted molar refractivity (Wildman–Crippen MR) is 82.7 cm³/mol. The summed E-state index contributed by atoms with van der Waals surface area (Å²) < 4.78 is 42.9. The van der Waals surface area contributed by atoms with Gasteiger partial charge >= 0.3 is 6.18 Å². The fourth-order valence-electron chi connectivity index (χ4n) is 2.02. The SMILES string of the molecule is FC(F)(F)COc1ccc(CSc2ncc3ccccn23)cc1. The van der Waals surface area contributed by atoms with Crippen LogP contribution in [0.25, 0.3) is 5.52 Å². The first-order valence-electron chi connectivity index (χ1n) is 6.85. The van der Waals surface area contributed by atoms with Gasteiger partial charge in [-0.2, -0.15) is 13.2 Å². The molecule has 2 heterocycles. The average Bonchev–Trinajstić information content (AvgIpc) is 2.94. The molecule has 3 rings (SSSR count). The zero-order valence-electron chi connectivity index (χ0n) is 12.0. The van der Waals surface area contributed by atoms with E-state index in [-0.39, 0.29) is 5.75 Å². The van der Waals surface area contributed by atoms with Crippen LogP contribution in [0, 0.1) is 0 Å². The summed E-state index contributed by atoms with van der Waals surface area (Å²) in [6.07, 6.45) is -0.578. The summed E-state index contributed by atoms with van der Waals surface area (Å²) in [7, 11) is 0. The number of aromatic nitrogens is 2. The molecule has 1 aromatic carbocycles. The van der Waals surface area contributed by atoms with Gasteiger partial charge in [-0.1, -0.05) is 30.0 Å². The van der Waals surface area contributed by atoms with E-state index in [0.717, 1.165) is 16.2 Å². The minimum atomic E-state index is -4.32. The maximum atomic E-state index is 12.1. The van der Waals surface area contributed by atoms with Crippen molar-refractivity contribution >= 4 is 17.3 Å². The quantitative estimate of drug-likeness (QED) is 0.638. The Morgan fingerprint density at radius 2 is 1.87 bits per heavy atom. The van der Waals surface area contributed by atoms with E-state index in [1.54, 1.807) is 42.2 Å². The number of rotatable bonds is 5. The molecule has 3 aromatic rings. The van der Waals surface area contributed by atoms with Gasteiger partial charge in [0, 0.05) is 11.9 Å². The molecule has 0 aliphatic heterocycles. The van der Waals surface area contributed by atoms with Crippen molar-refractivity contribution in [2.75, 3.05) is 6.61 Å². The molecule has 0 spiro atoms. The molecule has 0 aliphatic rings. The summed E-state index contributed by atoms with van der Waals surface area (Å²) in [5.41, 5.74) is 2.01. The highest BCUT2D eigenvalue weighted by Gasteiger charge is 2.28. The van der Waals surface area contributed by atoms with Gasteiger partial charge in [-0.05, 0) is 29.8 Å². The molecule has 0 atom stereocenters. The first kappa shape index (κ1) is 15.7. The average molecular weight is 338 g/mol. The minimum Gasteiger partial charge on any atom is -0.484 e. The standard InChI is InChI=1S/C16H13F3N2OS/c17-16(18,19)11-22-14-6-4-12(5-7-14)10-23-15-20-9-13-3-1-2-8-21(13)15/h1-9H,10-11H2. The third-order valence-corrected chi connectivity index (χ3v) is 4.14. The largest absolute Gasteiger partial charge is 0.484 e. The van der Waals surface area contributed by atoms with Crippen molar-refractivity contribution in [2.24, 2.45) is 0 Å². The van der Waals surface area contributed by atoms with Gasteiger partial charge in [0.15, 0.2) is 11.8 Å². The number of halogens is 3. The lowest BCUT2D eigenvalue weighted by atomic mass is 10.2. The molecule has 3 nitrogen and oxygen atoms in total. The number of hydrogen-bond donors (Lipinski definition) is 0. The number of imidazole rings is 1. The number of nitrogens with zero attached hydrogens (tertiary/aromatic N) is 2. The van der Waals surface area contributed by atoms with Crippen LogP contribution in [-0.2, 0) is 5.75 Å². The third kappa shape index (κ3) is 4.19. The van der Waals surface area contributed by atoms with E-state index in [4.69, 9.17) is 0 Å². The van der Waals surface area contributed by atoms with Gasteiger partial charge in [0.25, 0.3) is 0 Å². The summed E-state index contributed by atoms with van der Waals surface area (Å²) in [5.74, 6) is 0.885. The van der Waals surface area contributed by atoms with Crippen LogP contribution in [-0.4, -0.2) is 22.2 Å². The molecule has 0 aliphatic carbocycles. The fourth-order valence-corrected chi connectivity index (χ4v) is 2.94. The highest BCUT2D eigenvalue weighted by atomic mass is 32.2. The first-order valence-corrected chi connectivity index (χ1v) is 7.83. The van der Waals surface area contributed by atoms with Crippen LogP contribution in [0.4, 0.5) is 13.2 Å². The van der Waals surface area contributed by atoms with Gasteiger partial charge in [0.2, 0.25) is 0 Å². The normalized spacial score (nSPS) is 11.8. The second-order valence-corrected chi connectivity index (χ2v) is 5.82. The maximum absolute atomic E-state index is 12.1. The van der Waals surface area contributed by atoms with E-state index in [0.29, 0.717) is 5.75 Å². The monoisotopic (exact) mass is 338 g/mol. The Bertz CT molecular complexity index is 784. The number of thioether (sulfide) groups is 1. The van der Waals surface area contributed by atoms with Crippen LogP contribution >= 0.6 is 11.8 Å².